The van der Waals surface area contributed by atoms with Gasteiger partial charge in [0.05, 0.1) is 5.25 Å². The maximum Gasteiger partial charge on any atom is 0.237 e. The molecule has 0 saturated carbocycles. The summed E-state index contributed by atoms with van der Waals surface area (Å²) >= 11 is 1.32. The molecular formula is C22H19FN4OS. The van der Waals surface area contributed by atoms with Crippen LogP contribution in [-0.4, -0.2) is 25.9 Å². The van der Waals surface area contributed by atoms with E-state index in [1.807, 2.05) is 56.4 Å². The molecule has 0 spiro atoms. The molecule has 1 atom stereocenters. The molecular weight excluding hydrogens is 387 g/mol. The second-order valence-electron chi connectivity index (χ2n) is 6.65. The van der Waals surface area contributed by atoms with Gasteiger partial charge in [-0.05, 0) is 42.6 Å². The number of benzene rings is 3. The molecule has 1 aromatic heterocycles. The van der Waals surface area contributed by atoms with E-state index in [0.717, 1.165) is 22.0 Å². The average molecular weight is 406 g/mol. The molecule has 1 heterocycles. The summed E-state index contributed by atoms with van der Waals surface area (Å²) in [4.78, 5) is 12.8. The number of thioether (sulfide) groups is 1. The highest BCUT2D eigenvalue weighted by atomic mass is 32.2. The Morgan fingerprint density at radius 1 is 1.03 bits per heavy atom. The van der Waals surface area contributed by atoms with E-state index in [9.17, 15) is 9.18 Å². The van der Waals surface area contributed by atoms with Crippen LogP contribution >= 0.6 is 11.8 Å². The molecule has 0 unspecified atom stereocenters. The molecule has 0 bridgehead atoms. The molecule has 0 aliphatic rings. The molecule has 0 saturated heterocycles. The van der Waals surface area contributed by atoms with Gasteiger partial charge in [0.25, 0.3) is 0 Å². The number of carbonyl (C=O) groups excluding carboxylic acids is 1. The van der Waals surface area contributed by atoms with Crippen molar-refractivity contribution in [2.24, 2.45) is 7.05 Å². The maximum atomic E-state index is 13.2. The zero-order chi connectivity index (χ0) is 20.4. The summed E-state index contributed by atoms with van der Waals surface area (Å²) in [6, 6.07) is 19.8. The molecule has 1 N–H and O–H groups in total. The smallest absolute Gasteiger partial charge is 0.237 e. The van der Waals surface area contributed by atoms with E-state index in [4.69, 9.17) is 0 Å². The standard InChI is InChI=1S/C22H19FN4OS/c1-14(21(28)24-19-9-5-7-15-6-3-4-8-18(15)19)29-22-26-25-20(27(22)2)16-10-12-17(23)13-11-16/h3-14H,1-2H3,(H,24,28)/t14-/m1/s1. The molecule has 0 aliphatic heterocycles. The number of fused-ring (bicyclic) bond motifs is 1. The SMILES string of the molecule is C[C@@H](Sc1nnc(-c2ccc(F)cc2)n1C)C(=O)Nc1cccc2ccccc12. The van der Waals surface area contributed by atoms with Crippen molar-refractivity contribution < 1.29 is 9.18 Å². The predicted molar refractivity (Wildman–Crippen MR) is 114 cm³/mol. The third-order valence-electron chi connectivity index (χ3n) is 4.64. The number of hydrogen-bond donors (Lipinski definition) is 1. The van der Waals surface area contributed by atoms with E-state index in [2.05, 4.69) is 15.5 Å². The van der Waals surface area contributed by atoms with E-state index >= 15 is 0 Å². The number of rotatable bonds is 5. The Balaban J connectivity index is 1.50. The second kappa shape index (κ2) is 8.05. The third-order valence-corrected chi connectivity index (χ3v) is 5.77. The first-order chi connectivity index (χ1) is 14.0. The van der Waals surface area contributed by atoms with Gasteiger partial charge in [0.15, 0.2) is 11.0 Å². The van der Waals surface area contributed by atoms with Gasteiger partial charge < -0.3 is 9.88 Å². The Morgan fingerprint density at radius 3 is 2.55 bits per heavy atom. The van der Waals surface area contributed by atoms with Gasteiger partial charge in [0.2, 0.25) is 5.91 Å². The van der Waals surface area contributed by atoms with Crippen LogP contribution in [0, 0.1) is 5.82 Å². The van der Waals surface area contributed by atoms with Gasteiger partial charge in [0.1, 0.15) is 5.82 Å². The van der Waals surface area contributed by atoms with Crippen LogP contribution in [0.5, 0.6) is 0 Å². The van der Waals surface area contributed by atoms with Crippen molar-refractivity contribution in [3.05, 3.63) is 72.5 Å². The average Bonchev–Trinajstić information content (AvgIpc) is 3.09. The van der Waals surface area contributed by atoms with E-state index in [1.165, 1.54) is 23.9 Å². The summed E-state index contributed by atoms with van der Waals surface area (Å²) < 4.78 is 15.0. The van der Waals surface area contributed by atoms with Gasteiger partial charge >= 0.3 is 0 Å². The summed E-state index contributed by atoms with van der Waals surface area (Å²) in [5.74, 6) is 0.205. The van der Waals surface area contributed by atoms with Crippen LogP contribution in [0.2, 0.25) is 0 Å². The number of carbonyl (C=O) groups is 1. The minimum Gasteiger partial charge on any atom is -0.325 e. The van der Waals surface area contributed by atoms with E-state index < -0.39 is 0 Å². The van der Waals surface area contributed by atoms with Crippen molar-refractivity contribution in [1.29, 1.82) is 0 Å². The van der Waals surface area contributed by atoms with Crippen molar-refractivity contribution in [3.8, 4) is 11.4 Å². The first kappa shape index (κ1) is 19.1. The van der Waals surface area contributed by atoms with Crippen molar-refractivity contribution in [2.45, 2.75) is 17.3 Å². The Morgan fingerprint density at radius 2 is 1.76 bits per heavy atom. The highest BCUT2D eigenvalue weighted by Gasteiger charge is 2.20. The normalized spacial score (nSPS) is 12.1. The van der Waals surface area contributed by atoms with Crippen molar-refractivity contribution in [3.63, 3.8) is 0 Å². The zero-order valence-electron chi connectivity index (χ0n) is 16.0. The first-order valence-corrected chi connectivity index (χ1v) is 10.0. The lowest BCUT2D eigenvalue weighted by atomic mass is 10.1. The van der Waals surface area contributed by atoms with Crippen LogP contribution in [0.3, 0.4) is 0 Å². The van der Waals surface area contributed by atoms with Crippen LogP contribution < -0.4 is 5.32 Å². The van der Waals surface area contributed by atoms with Gasteiger partial charge in [-0.1, -0.05) is 48.2 Å². The lowest BCUT2D eigenvalue weighted by molar-refractivity contribution is -0.115. The van der Waals surface area contributed by atoms with E-state index in [1.54, 1.807) is 16.7 Å². The maximum absolute atomic E-state index is 13.2. The topological polar surface area (TPSA) is 59.8 Å². The van der Waals surface area contributed by atoms with Crippen LogP contribution in [0.25, 0.3) is 22.2 Å². The second-order valence-corrected chi connectivity index (χ2v) is 7.96. The fraction of sp³-hybridized carbons (Fsp3) is 0.136. The highest BCUT2D eigenvalue weighted by Crippen LogP contribution is 2.28. The van der Waals surface area contributed by atoms with Gasteiger partial charge in [-0.25, -0.2) is 4.39 Å². The summed E-state index contributed by atoms with van der Waals surface area (Å²) in [5.41, 5.74) is 1.55. The Bertz CT molecular complexity index is 1170. The first-order valence-electron chi connectivity index (χ1n) is 9.13. The van der Waals surface area contributed by atoms with Gasteiger partial charge in [-0.3, -0.25) is 4.79 Å². The lowest BCUT2D eigenvalue weighted by Gasteiger charge is -2.13. The molecule has 0 aliphatic carbocycles. The summed E-state index contributed by atoms with van der Waals surface area (Å²) in [6.45, 7) is 1.83. The predicted octanol–water partition coefficient (Wildman–Crippen LogP) is 4.89. The number of nitrogens with one attached hydrogen (secondary N) is 1. The fourth-order valence-electron chi connectivity index (χ4n) is 3.05. The quantitative estimate of drug-likeness (QED) is 0.479. The minimum atomic E-state index is -0.377. The highest BCUT2D eigenvalue weighted by molar-refractivity contribution is 8.00. The minimum absolute atomic E-state index is 0.113. The van der Waals surface area contributed by atoms with E-state index in [0.29, 0.717) is 11.0 Å². The Kier molecular flexibility index (Phi) is 5.31. The lowest BCUT2D eigenvalue weighted by Crippen LogP contribution is -2.23. The molecule has 4 aromatic rings. The summed E-state index contributed by atoms with van der Waals surface area (Å²) in [7, 11) is 1.83. The van der Waals surface area contributed by atoms with Crippen LogP contribution in [-0.2, 0) is 11.8 Å². The molecule has 0 radical (unpaired) electrons. The van der Waals surface area contributed by atoms with Gasteiger partial charge in [0, 0.05) is 23.7 Å². The monoisotopic (exact) mass is 406 g/mol. The van der Waals surface area contributed by atoms with Crippen LogP contribution in [0.1, 0.15) is 6.92 Å². The van der Waals surface area contributed by atoms with Crippen molar-refractivity contribution in [2.75, 3.05) is 5.32 Å². The Hall–Kier alpha value is -3.19. The largest absolute Gasteiger partial charge is 0.325 e. The third kappa shape index (κ3) is 4.00. The number of halogens is 1. The number of hydrogen-bond acceptors (Lipinski definition) is 4. The fourth-order valence-corrected chi connectivity index (χ4v) is 3.86. The molecule has 0 fully saturated rings. The van der Waals surface area contributed by atoms with E-state index in [-0.39, 0.29) is 17.0 Å². The van der Waals surface area contributed by atoms with Crippen molar-refractivity contribution >= 4 is 34.1 Å². The number of nitrogens with zero attached hydrogens (tertiary/aromatic N) is 3. The molecule has 4 rings (SSSR count). The number of anilines is 1. The Labute approximate surface area is 172 Å². The summed E-state index contributed by atoms with van der Waals surface area (Å²) in [5, 5.41) is 13.7. The van der Waals surface area contributed by atoms with Gasteiger partial charge in [-0.15, -0.1) is 10.2 Å². The van der Waals surface area contributed by atoms with Gasteiger partial charge in [-0.2, -0.15) is 0 Å². The van der Waals surface area contributed by atoms with Crippen molar-refractivity contribution in [1.82, 2.24) is 14.8 Å². The van der Waals surface area contributed by atoms with Crippen LogP contribution in [0.15, 0.2) is 71.9 Å². The molecule has 5 nitrogen and oxygen atoms in total. The van der Waals surface area contributed by atoms with Crippen LogP contribution in [0.4, 0.5) is 10.1 Å². The molecule has 29 heavy (non-hydrogen) atoms. The molecule has 3 aromatic carbocycles. The molecule has 146 valence electrons. The summed E-state index contributed by atoms with van der Waals surface area (Å²) in [6.07, 6.45) is 0. The number of aromatic nitrogens is 3. The zero-order valence-corrected chi connectivity index (χ0v) is 16.8. The molecule has 7 heteroatoms. The molecule has 1 amide bonds. The number of amides is 1.